The summed E-state index contributed by atoms with van der Waals surface area (Å²) in [5, 5.41) is 13.8. The van der Waals surface area contributed by atoms with Crippen LogP contribution in [0.3, 0.4) is 0 Å². The summed E-state index contributed by atoms with van der Waals surface area (Å²) in [4.78, 5) is 25.4. The number of unbranched alkanes of at least 4 members (excludes halogenated alkanes) is 30. The first kappa shape index (κ1) is 57.0. The molecule has 0 aliphatic carbocycles. The second kappa shape index (κ2) is 41.3. The molecule has 0 radical (unpaired) electrons. The topological polar surface area (TPSA) is 108 Å². The zero-order chi connectivity index (χ0) is 42.8. The Hall–Kier alpha value is -1.02. The van der Waals surface area contributed by atoms with E-state index in [1.54, 1.807) is 6.08 Å². The van der Waals surface area contributed by atoms with Gasteiger partial charge >= 0.3 is 0 Å². The molecule has 0 rings (SSSR count). The minimum atomic E-state index is -4.59. The minimum Gasteiger partial charge on any atom is -0.756 e. The van der Waals surface area contributed by atoms with Crippen molar-refractivity contribution in [1.82, 2.24) is 5.32 Å². The number of nitrogens with zero attached hydrogens (tertiary/aromatic N) is 1. The summed E-state index contributed by atoms with van der Waals surface area (Å²) >= 11 is 0. The predicted molar refractivity (Wildman–Crippen MR) is 247 cm³/mol. The largest absolute Gasteiger partial charge is 0.756 e. The van der Waals surface area contributed by atoms with Crippen molar-refractivity contribution in [2.45, 2.75) is 244 Å². The van der Waals surface area contributed by atoms with Crippen LogP contribution in [0.2, 0.25) is 0 Å². The van der Waals surface area contributed by atoms with E-state index in [4.69, 9.17) is 9.05 Å². The molecule has 0 saturated carbocycles. The Morgan fingerprint density at radius 3 is 1.40 bits per heavy atom. The van der Waals surface area contributed by atoms with Crippen molar-refractivity contribution < 1.29 is 32.9 Å². The van der Waals surface area contributed by atoms with Crippen LogP contribution in [0.15, 0.2) is 24.3 Å². The number of allylic oxidation sites excluding steroid dienone is 3. The lowest BCUT2D eigenvalue weighted by Gasteiger charge is -2.29. The van der Waals surface area contributed by atoms with E-state index in [1.165, 1.54) is 173 Å². The third kappa shape index (κ3) is 43.1. The van der Waals surface area contributed by atoms with Gasteiger partial charge < -0.3 is 28.8 Å². The highest BCUT2D eigenvalue weighted by molar-refractivity contribution is 7.45. The predicted octanol–water partition coefficient (Wildman–Crippen LogP) is 13.5. The molecule has 0 aromatic rings. The Balaban J connectivity index is 4.31. The van der Waals surface area contributed by atoms with Crippen LogP contribution in [0.1, 0.15) is 232 Å². The average molecular weight is 841 g/mol. The number of carbonyl (C=O) groups excluding carboxylic acids is 1. The van der Waals surface area contributed by atoms with Gasteiger partial charge in [-0.3, -0.25) is 9.36 Å². The Morgan fingerprint density at radius 2 is 0.966 bits per heavy atom. The van der Waals surface area contributed by atoms with Gasteiger partial charge in [0.25, 0.3) is 7.82 Å². The number of rotatable bonds is 45. The molecule has 0 aliphatic rings. The number of phosphoric acid groups is 1. The van der Waals surface area contributed by atoms with Crippen molar-refractivity contribution in [3.05, 3.63) is 24.3 Å². The molecule has 1 amide bonds. The van der Waals surface area contributed by atoms with Crippen molar-refractivity contribution in [1.29, 1.82) is 0 Å². The number of quaternary nitrogens is 1. The van der Waals surface area contributed by atoms with Crippen molar-refractivity contribution >= 4 is 13.7 Å². The molecule has 3 unspecified atom stereocenters. The molecule has 0 aliphatic heterocycles. The van der Waals surface area contributed by atoms with Gasteiger partial charge in [-0.15, -0.1) is 0 Å². The van der Waals surface area contributed by atoms with Gasteiger partial charge in [-0.2, -0.15) is 0 Å². The van der Waals surface area contributed by atoms with E-state index in [0.29, 0.717) is 17.4 Å². The zero-order valence-corrected chi connectivity index (χ0v) is 39.9. The molecule has 0 aromatic heterocycles. The maximum absolute atomic E-state index is 12.9. The van der Waals surface area contributed by atoms with E-state index in [2.05, 4.69) is 31.3 Å². The van der Waals surface area contributed by atoms with Crippen LogP contribution >= 0.6 is 7.82 Å². The molecule has 0 saturated heterocycles. The smallest absolute Gasteiger partial charge is 0.268 e. The van der Waals surface area contributed by atoms with Gasteiger partial charge in [0.15, 0.2) is 0 Å². The van der Waals surface area contributed by atoms with Crippen LogP contribution in [0.4, 0.5) is 0 Å². The monoisotopic (exact) mass is 841 g/mol. The fourth-order valence-electron chi connectivity index (χ4n) is 7.23. The highest BCUT2D eigenvalue weighted by atomic mass is 31.2. The molecule has 2 N–H and O–H groups in total. The molecule has 3 atom stereocenters. The molecule has 9 heteroatoms. The first-order valence-electron chi connectivity index (χ1n) is 24.7. The number of aliphatic hydroxyl groups is 1. The van der Waals surface area contributed by atoms with Crippen molar-refractivity contribution in [3.63, 3.8) is 0 Å². The number of phosphoric ester groups is 1. The van der Waals surface area contributed by atoms with E-state index >= 15 is 0 Å². The Bertz CT molecular complexity index is 1000. The normalized spacial score (nSPS) is 14.4. The molecule has 8 nitrogen and oxygen atoms in total. The van der Waals surface area contributed by atoms with Gasteiger partial charge in [0.05, 0.1) is 39.9 Å². The zero-order valence-electron chi connectivity index (χ0n) is 39.0. The number of nitrogens with one attached hydrogen (secondary N) is 1. The summed E-state index contributed by atoms with van der Waals surface area (Å²) in [6, 6.07) is -0.898. The van der Waals surface area contributed by atoms with Crippen LogP contribution in [0, 0.1) is 0 Å². The summed E-state index contributed by atoms with van der Waals surface area (Å²) in [5.74, 6) is -0.204. The number of hydrogen-bond donors (Lipinski definition) is 2. The van der Waals surface area contributed by atoms with E-state index < -0.39 is 20.0 Å². The van der Waals surface area contributed by atoms with E-state index in [1.807, 2.05) is 27.2 Å². The van der Waals surface area contributed by atoms with Crippen LogP contribution < -0.4 is 10.2 Å². The highest BCUT2D eigenvalue weighted by Crippen LogP contribution is 2.38. The molecule has 0 spiro atoms. The van der Waals surface area contributed by atoms with Gasteiger partial charge in [-0.25, -0.2) is 0 Å². The second-order valence-corrected chi connectivity index (χ2v) is 19.6. The molecule has 0 fully saturated rings. The van der Waals surface area contributed by atoms with Crippen LogP contribution in [-0.2, 0) is 18.4 Å². The lowest BCUT2D eigenvalue weighted by molar-refractivity contribution is -0.870. The highest BCUT2D eigenvalue weighted by Gasteiger charge is 2.23. The van der Waals surface area contributed by atoms with Gasteiger partial charge in [-0.1, -0.05) is 218 Å². The Kier molecular flexibility index (Phi) is 40.6. The average Bonchev–Trinajstić information content (AvgIpc) is 3.17. The Labute approximate surface area is 360 Å². The third-order valence-corrected chi connectivity index (χ3v) is 12.1. The lowest BCUT2D eigenvalue weighted by atomic mass is 10.0. The number of amides is 1. The van der Waals surface area contributed by atoms with Crippen LogP contribution in [-0.4, -0.2) is 68.5 Å². The van der Waals surface area contributed by atoms with Gasteiger partial charge in [0, 0.05) is 6.42 Å². The fourth-order valence-corrected chi connectivity index (χ4v) is 7.95. The van der Waals surface area contributed by atoms with E-state index in [0.717, 1.165) is 38.5 Å². The molecule has 0 bridgehead atoms. The second-order valence-electron chi connectivity index (χ2n) is 18.2. The summed E-state index contributed by atoms with van der Waals surface area (Å²) in [7, 11) is 1.25. The summed E-state index contributed by atoms with van der Waals surface area (Å²) in [6.07, 6.45) is 49.5. The maximum atomic E-state index is 12.9. The van der Waals surface area contributed by atoms with Crippen LogP contribution in [0.25, 0.3) is 0 Å². The lowest BCUT2D eigenvalue weighted by Crippen LogP contribution is -2.45. The van der Waals surface area contributed by atoms with E-state index in [9.17, 15) is 19.4 Å². The molecule has 58 heavy (non-hydrogen) atoms. The SMILES string of the molecule is CCCCCCCCCCC/C=C/CC/C=C/C(O)C(COP(=O)([O-])OCC[N+](C)(C)C)NC(=O)CCCCCCCCCCCCCCCCCCCCCCC. The fraction of sp³-hybridized carbons (Fsp3) is 0.898. The third-order valence-electron chi connectivity index (χ3n) is 11.2. The van der Waals surface area contributed by atoms with E-state index in [-0.39, 0.29) is 19.1 Å². The molecular formula is C49H97N2O6P. The minimum absolute atomic E-state index is 0.00409. The molecule has 0 aromatic carbocycles. The van der Waals surface area contributed by atoms with Gasteiger partial charge in [0.2, 0.25) is 5.91 Å². The van der Waals surface area contributed by atoms with Crippen molar-refractivity contribution in [2.75, 3.05) is 40.9 Å². The summed E-state index contributed by atoms with van der Waals surface area (Å²) < 4.78 is 23.2. The Morgan fingerprint density at radius 1 is 0.586 bits per heavy atom. The van der Waals surface area contributed by atoms with Crippen molar-refractivity contribution in [2.24, 2.45) is 0 Å². The first-order chi connectivity index (χ1) is 28.0. The van der Waals surface area contributed by atoms with Gasteiger partial charge in [0.1, 0.15) is 13.2 Å². The number of likely N-dealkylation sites (N-methyl/N-ethyl adjacent to an activating group) is 1. The first-order valence-corrected chi connectivity index (χ1v) is 26.2. The number of aliphatic hydroxyl groups excluding tert-OH is 1. The quantitative estimate of drug-likeness (QED) is 0.0274. The number of carbonyl (C=O) groups is 1. The summed E-state index contributed by atoms with van der Waals surface area (Å²) in [6.45, 7) is 4.64. The molecule has 0 heterocycles. The summed E-state index contributed by atoms with van der Waals surface area (Å²) in [5.41, 5.74) is 0. The number of hydrogen-bond acceptors (Lipinski definition) is 6. The van der Waals surface area contributed by atoms with Crippen LogP contribution in [0.5, 0.6) is 0 Å². The maximum Gasteiger partial charge on any atom is 0.268 e. The standard InChI is InChI=1S/C49H97N2O6P/c1-6-8-10-12-14-16-18-20-22-23-24-25-26-27-29-31-33-35-37-39-41-43-49(53)50-47(46-57-58(54,55)56-45-44-51(3,4)5)48(52)42-40-38-36-34-32-30-28-21-19-17-15-13-11-9-7-2/h32,34,40,42,47-48,52H,6-31,33,35-39,41,43-46H2,1-5H3,(H-,50,53,54,55)/b34-32+,42-40+. The van der Waals surface area contributed by atoms with Gasteiger partial charge in [-0.05, 0) is 32.1 Å². The molecule has 344 valence electrons. The van der Waals surface area contributed by atoms with Crippen molar-refractivity contribution in [3.8, 4) is 0 Å². The molecular weight excluding hydrogens is 744 g/mol.